The molecule has 0 fully saturated rings. The third-order valence-electron chi connectivity index (χ3n) is 0.740. The summed E-state index contributed by atoms with van der Waals surface area (Å²) >= 11 is 0. The minimum Gasteiger partial charge on any atom is -0.390 e. The SMILES string of the molecule is CCCOCC[CH]O. The summed E-state index contributed by atoms with van der Waals surface area (Å²) in [5, 5.41) is 8.16. The van der Waals surface area contributed by atoms with Gasteiger partial charge in [-0.05, 0) is 12.8 Å². The lowest BCUT2D eigenvalue weighted by atomic mass is 10.5. The highest BCUT2D eigenvalue weighted by Gasteiger charge is 1.83. The van der Waals surface area contributed by atoms with Gasteiger partial charge in [0.15, 0.2) is 0 Å². The first-order valence-electron chi connectivity index (χ1n) is 2.95. The molecule has 0 unspecified atom stereocenters. The molecule has 0 spiro atoms. The Balaban J connectivity index is 2.53. The van der Waals surface area contributed by atoms with E-state index in [1.165, 1.54) is 0 Å². The van der Waals surface area contributed by atoms with Gasteiger partial charge < -0.3 is 9.84 Å². The molecule has 0 saturated carbocycles. The van der Waals surface area contributed by atoms with Crippen molar-refractivity contribution in [3.63, 3.8) is 0 Å². The second-order valence-electron chi connectivity index (χ2n) is 1.58. The number of rotatable bonds is 5. The standard InChI is InChI=1S/C6H13O2/c1-2-5-8-6-3-4-7/h4,7H,2-3,5-6H2,1H3. The Morgan fingerprint density at radius 3 is 2.75 bits per heavy atom. The normalized spacial score (nSPS) is 9.75. The molecule has 0 aliphatic carbocycles. The molecule has 2 nitrogen and oxygen atoms in total. The average Bonchev–Trinajstić information content (AvgIpc) is 1.81. The van der Waals surface area contributed by atoms with Gasteiger partial charge in [-0.1, -0.05) is 6.92 Å². The zero-order chi connectivity index (χ0) is 6.24. The molecule has 0 saturated heterocycles. The van der Waals surface area contributed by atoms with E-state index >= 15 is 0 Å². The molecule has 1 radical (unpaired) electrons. The Morgan fingerprint density at radius 1 is 1.50 bits per heavy atom. The van der Waals surface area contributed by atoms with Crippen LogP contribution in [0.4, 0.5) is 0 Å². The van der Waals surface area contributed by atoms with Crippen molar-refractivity contribution in [1.29, 1.82) is 0 Å². The van der Waals surface area contributed by atoms with Crippen LogP contribution in [-0.2, 0) is 4.74 Å². The summed E-state index contributed by atoms with van der Waals surface area (Å²) in [5.41, 5.74) is 0. The van der Waals surface area contributed by atoms with E-state index < -0.39 is 0 Å². The van der Waals surface area contributed by atoms with E-state index in [2.05, 4.69) is 6.92 Å². The maximum absolute atomic E-state index is 8.16. The zero-order valence-electron chi connectivity index (χ0n) is 5.26. The van der Waals surface area contributed by atoms with Crippen molar-refractivity contribution in [2.45, 2.75) is 19.8 Å². The van der Waals surface area contributed by atoms with Gasteiger partial charge in [-0.15, -0.1) is 0 Å². The molecule has 49 valence electrons. The molecule has 0 aromatic carbocycles. The van der Waals surface area contributed by atoms with Crippen LogP contribution >= 0.6 is 0 Å². The molecule has 0 amide bonds. The third kappa shape index (κ3) is 5.92. The Labute approximate surface area is 50.5 Å². The van der Waals surface area contributed by atoms with E-state index in [1.54, 1.807) is 0 Å². The summed E-state index contributed by atoms with van der Waals surface area (Å²) < 4.78 is 5.03. The van der Waals surface area contributed by atoms with Crippen LogP contribution in [0.25, 0.3) is 0 Å². The van der Waals surface area contributed by atoms with Crippen LogP contribution in [0, 0.1) is 6.61 Å². The highest BCUT2D eigenvalue weighted by Crippen LogP contribution is 1.85. The number of hydrogen-bond donors (Lipinski definition) is 1. The summed E-state index contributed by atoms with van der Waals surface area (Å²) in [6.45, 7) is 4.62. The number of hydrogen-bond acceptors (Lipinski definition) is 2. The van der Waals surface area contributed by atoms with E-state index in [0.29, 0.717) is 13.0 Å². The second-order valence-corrected chi connectivity index (χ2v) is 1.58. The topological polar surface area (TPSA) is 29.5 Å². The van der Waals surface area contributed by atoms with Gasteiger partial charge in [0.05, 0.1) is 6.61 Å². The molecule has 1 N–H and O–H groups in total. The summed E-state index contributed by atoms with van der Waals surface area (Å²) in [7, 11) is 0. The molecule has 0 heterocycles. The lowest BCUT2D eigenvalue weighted by molar-refractivity contribution is 0.128. The van der Waals surface area contributed by atoms with Crippen molar-refractivity contribution in [1.82, 2.24) is 0 Å². The molecule has 0 bridgehead atoms. The van der Waals surface area contributed by atoms with Crippen LogP contribution < -0.4 is 0 Å². The van der Waals surface area contributed by atoms with Crippen LogP contribution in [0.2, 0.25) is 0 Å². The smallest absolute Gasteiger partial charge is 0.0821 e. The first kappa shape index (κ1) is 7.92. The molecule has 0 aromatic heterocycles. The van der Waals surface area contributed by atoms with Crippen molar-refractivity contribution in [3.05, 3.63) is 6.61 Å². The predicted molar refractivity (Wildman–Crippen MR) is 32.0 cm³/mol. The Kier molecular flexibility index (Phi) is 6.85. The molecular formula is C6H13O2. The van der Waals surface area contributed by atoms with Gasteiger partial charge in [0.1, 0.15) is 0 Å². The molecule has 2 heteroatoms. The van der Waals surface area contributed by atoms with Crippen molar-refractivity contribution < 1.29 is 9.84 Å². The van der Waals surface area contributed by atoms with Gasteiger partial charge in [-0.25, -0.2) is 0 Å². The fraction of sp³-hybridized carbons (Fsp3) is 0.833. The zero-order valence-corrected chi connectivity index (χ0v) is 5.26. The van der Waals surface area contributed by atoms with Gasteiger partial charge in [-0.3, -0.25) is 0 Å². The van der Waals surface area contributed by atoms with Crippen LogP contribution in [0.15, 0.2) is 0 Å². The molecule has 0 rings (SSSR count). The van der Waals surface area contributed by atoms with E-state index in [1.807, 2.05) is 0 Å². The van der Waals surface area contributed by atoms with Crippen LogP contribution in [0.3, 0.4) is 0 Å². The summed E-state index contributed by atoms with van der Waals surface area (Å²) in [4.78, 5) is 0. The van der Waals surface area contributed by atoms with Crippen molar-refractivity contribution >= 4 is 0 Å². The minimum atomic E-state index is 0.639. The quantitative estimate of drug-likeness (QED) is 0.550. The highest BCUT2D eigenvalue weighted by molar-refractivity contribution is 4.43. The maximum Gasteiger partial charge on any atom is 0.0821 e. The van der Waals surface area contributed by atoms with Gasteiger partial charge in [0.2, 0.25) is 0 Å². The van der Waals surface area contributed by atoms with Crippen LogP contribution in [0.1, 0.15) is 19.8 Å². The largest absolute Gasteiger partial charge is 0.390 e. The van der Waals surface area contributed by atoms with E-state index in [4.69, 9.17) is 9.84 Å². The summed E-state index contributed by atoms with van der Waals surface area (Å²) in [5.74, 6) is 0. The molecule has 8 heavy (non-hydrogen) atoms. The molecule has 0 aromatic rings. The fourth-order valence-electron chi connectivity index (χ4n) is 0.382. The van der Waals surface area contributed by atoms with Gasteiger partial charge in [-0.2, -0.15) is 0 Å². The fourth-order valence-corrected chi connectivity index (χ4v) is 0.382. The first-order valence-corrected chi connectivity index (χ1v) is 2.95. The summed E-state index contributed by atoms with van der Waals surface area (Å²) in [6.07, 6.45) is 1.69. The lowest BCUT2D eigenvalue weighted by Crippen LogP contribution is -1.94. The maximum atomic E-state index is 8.16. The third-order valence-corrected chi connectivity index (χ3v) is 0.740. The van der Waals surface area contributed by atoms with Gasteiger partial charge in [0.25, 0.3) is 0 Å². The monoisotopic (exact) mass is 117 g/mol. The highest BCUT2D eigenvalue weighted by atomic mass is 16.5. The first-order chi connectivity index (χ1) is 3.91. The number of ether oxygens (including phenoxy) is 1. The van der Waals surface area contributed by atoms with Crippen LogP contribution in [-0.4, -0.2) is 18.3 Å². The molecule has 0 aliphatic rings. The Morgan fingerprint density at radius 2 is 2.25 bits per heavy atom. The van der Waals surface area contributed by atoms with E-state index in [0.717, 1.165) is 19.6 Å². The second kappa shape index (κ2) is 6.92. The molecular weight excluding hydrogens is 104 g/mol. The van der Waals surface area contributed by atoms with E-state index in [9.17, 15) is 0 Å². The summed E-state index contributed by atoms with van der Waals surface area (Å²) in [6, 6.07) is 0. The number of aliphatic hydroxyl groups is 1. The molecule has 0 aliphatic heterocycles. The van der Waals surface area contributed by atoms with Crippen molar-refractivity contribution in [2.24, 2.45) is 0 Å². The minimum absolute atomic E-state index is 0.639. The molecule has 0 atom stereocenters. The average molecular weight is 117 g/mol. The number of aliphatic hydroxyl groups excluding tert-OH is 1. The Hall–Kier alpha value is -0.0800. The Bertz CT molecular complexity index is 31.5. The van der Waals surface area contributed by atoms with Crippen molar-refractivity contribution in [3.8, 4) is 0 Å². The predicted octanol–water partition coefficient (Wildman–Crippen LogP) is 1.34. The van der Waals surface area contributed by atoms with Gasteiger partial charge >= 0.3 is 0 Å². The van der Waals surface area contributed by atoms with Crippen molar-refractivity contribution in [2.75, 3.05) is 13.2 Å². The van der Waals surface area contributed by atoms with Gasteiger partial charge in [0, 0.05) is 13.2 Å². The van der Waals surface area contributed by atoms with E-state index in [-0.39, 0.29) is 0 Å². The van der Waals surface area contributed by atoms with Crippen LogP contribution in [0.5, 0.6) is 0 Å². The lowest BCUT2D eigenvalue weighted by Gasteiger charge is -1.97.